The van der Waals surface area contributed by atoms with E-state index in [2.05, 4.69) is 30.2 Å². The van der Waals surface area contributed by atoms with Crippen molar-refractivity contribution in [1.29, 1.82) is 0 Å². The Hall–Kier alpha value is -3.43. The number of nitrogens with one attached hydrogen (secondary N) is 2. The molecule has 1 aliphatic heterocycles. The second-order valence-corrected chi connectivity index (χ2v) is 9.20. The second kappa shape index (κ2) is 9.21. The number of carbonyl (C=O) groups is 1. The summed E-state index contributed by atoms with van der Waals surface area (Å²) in [6.45, 7) is 8.15. The average molecular weight is 457 g/mol. The number of alkyl carbamates (subject to hydrolysis) is 1. The van der Waals surface area contributed by atoms with Crippen molar-refractivity contribution in [2.75, 3.05) is 18.1 Å². The first-order valence-electron chi connectivity index (χ1n) is 11.0. The third-order valence-corrected chi connectivity index (χ3v) is 5.25. The van der Waals surface area contributed by atoms with E-state index in [4.69, 9.17) is 9.47 Å². The molecule has 0 saturated carbocycles. The lowest BCUT2D eigenvalue weighted by Crippen LogP contribution is -2.40. The molecule has 0 aromatic carbocycles. The van der Waals surface area contributed by atoms with Crippen LogP contribution in [0.15, 0.2) is 30.7 Å². The number of anilines is 1. The summed E-state index contributed by atoms with van der Waals surface area (Å²) in [5, 5.41) is 2.74. The van der Waals surface area contributed by atoms with E-state index in [1.165, 1.54) is 6.07 Å². The Kier molecular flexibility index (Phi) is 6.35. The van der Waals surface area contributed by atoms with E-state index in [1.54, 1.807) is 34.0 Å². The molecule has 0 radical (unpaired) electrons. The van der Waals surface area contributed by atoms with Crippen LogP contribution in [0.2, 0.25) is 0 Å². The molecule has 33 heavy (non-hydrogen) atoms. The molecule has 1 aliphatic rings. The molecule has 3 aromatic rings. The van der Waals surface area contributed by atoms with Crippen LogP contribution in [-0.2, 0) is 4.74 Å². The minimum Gasteiger partial charge on any atom is -0.475 e. The fourth-order valence-electron chi connectivity index (χ4n) is 3.90. The summed E-state index contributed by atoms with van der Waals surface area (Å²) in [6, 6.07) is 4.83. The van der Waals surface area contributed by atoms with Gasteiger partial charge in [-0.2, -0.15) is 0 Å². The van der Waals surface area contributed by atoms with E-state index in [0.717, 1.165) is 36.9 Å². The number of H-pyrrole nitrogens is 1. The second-order valence-electron chi connectivity index (χ2n) is 9.20. The number of pyridine rings is 2. The number of imidazole rings is 1. The molecule has 1 unspecified atom stereocenters. The van der Waals surface area contributed by atoms with Gasteiger partial charge in [0.25, 0.3) is 0 Å². The lowest BCUT2D eigenvalue weighted by atomic mass is 10.1. The first kappa shape index (κ1) is 22.8. The topological polar surface area (TPSA) is 105 Å². The van der Waals surface area contributed by atoms with Crippen molar-refractivity contribution >= 4 is 23.1 Å². The van der Waals surface area contributed by atoms with Crippen LogP contribution >= 0.6 is 0 Å². The number of nitrogens with zero attached hydrogens (tertiary/aromatic N) is 4. The highest BCUT2D eigenvalue weighted by Crippen LogP contribution is 2.39. The van der Waals surface area contributed by atoms with Crippen molar-refractivity contribution in [3.8, 4) is 5.88 Å². The molecular formula is C23H29FN6O3. The van der Waals surface area contributed by atoms with Crippen LogP contribution in [0.1, 0.15) is 52.1 Å². The highest BCUT2D eigenvalue weighted by atomic mass is 19.1. The van der Waals surface area contributed by atoms with Crippen molar-refractivity contribution < 1.29 is 18.7 Å². The largest absolute Gasteiger partial charge is 0.475 e. The molecule has 1 saturated heterocycles. The van der Waals surface area contributed by atoms with Crippen molar-refractivity contribution in [1.82, 2.24) is 25.3 Å². The molecule has 176 valence electrons. The number of rotatable bonds is 6. The Labute approximate surface area is 191 Å². The number of carbonyl (C=O) groups excluding carboxylic acids is 1. The van der Waals surface area contributed by atoms with E-state index in [9.17, 15) is 9.18 Å². The van der Waals surface area contributed by atoms with Crippen molar-refractivity contribution in [2.45, 2.75) is 58.2 Å². The van der Waals surface area contributed by atoms with Crippen LogP contribution in [0.3, 0.4) is 0 Å². The quantitative estimate of drug-likeness (QED) is 0.575. The minimum absolute atomic E-state index is 0.134. The molecule has 9 nitrogen and oxygen atoms in total. The summed E-state index contributed by atoms with van der Waals surface area (Å²) in [6.07, 6.45) is 3.97. The van der Waals surface area contributed by atoms with Gasteiger partial charge in [0, 0.05) is 12.1 Å². The third-order valence-electron chi connectivity index (χ3n) is 5.25. The summed E-state index contributed by atoms with van der Waals surface area (Å²) in [7, 11) is 0. The number of fused-ring (bicyclic) bond motifs is 1. The monoisotopic (exact) mass is 456 g/mol. The molecule has 4 heterocycles. The van der Waals surface area contributed by atoms with Gasteiger partial charge in [-0.05, 0) is 58.7 Å². The SMILES string of the molecule is C[C@H](COc1ncc(F)cc1C1CCCN1c1ccc2nc[nH]c2n1)NC(=O)OC(C)(C)C. The summed E-state index contributed by atoms with van der Waals surface area (Å²) in [4.78, 5) is 30.2. The van der Waals surface area contributed by atoms with Crippen LogP contribution in [-0.4, -0.2) is 50.8 Å². The minimum atomic E-state index is -0.588. The zero-order chi connectivity index (χ0) is 23.6. The Morgan fingerprint density at radius 2 is 2.18 bits per heavy atom. The van der Waals surface area contributed by atoms with Gasteiger partial charge in [-0.3, -0.25) is 0 Å². The van der Waals surface area contributed by atoms with Gasteiger partial charge < -0.3 is 24.7 Å². The third kappa shape index (κ3) is 5.50. The average Bonchev–Trinajstić information content (AvgIpc) is 3.40. The van der Waals surface area contributed by atoms with Crippen LogP contribution in [0.5, 0.6) is 5.88 Å². The maximum absolute atomic E-state index is 14.2. The number of aromatic nitrogens is 4. The Bertz CT molecular complexity index is 1130. The molecule has 0 spiro atoms. The van der Waals surface area contributed by atoms with E-state index < -0.39 is 17.5 Å². The lowest BCUT2D eigenvalue weighted by Gasteiger charge is -2.27. The zero-order valence-corrected chi connectivity index (χ0v) is 19.3. The highest BCUT2D eigenvalue weighted by molar-refractivity contribution is 5.72. The normalized spacial score (nSPS) is 17.2. The zero-order valence-electron chi connectivity index (χ0n) is 19.3. The first-order valence-corrected chi connectivity index (χ1v) is 11.0. The summed E-state index contributed by atoms with van der Waals surface area (Å²) >= 11 is 0. The maximum atomic E-state index is 14.2. The van der Waals surface area contributed by atoms with Crippen LogP contribution in [0, 0.1) is 5.82 Å². The van der Waals surface area contributed by atoms with Crippen LogP contribution in [0.25, 0.3) is 11.2 Å². The fourth-order valence-corrected chi connectivity index (χ4v) is 3.90. The first-order chi connectivity index (χ1) is 15.7. The number of hydrogen-bond donors (Lipinski definition) is 2. The van der Waals surface area contributed by atoms with Crippen molar-refractivity contribution in [3.63, 3.8) is 0 Å². The molecule has 1 amide bonds. The maximum Gasteiger partial charge on any atom is 0.407 e. The smallest absolute Gasteiger partial charge is 0.407 e. The van der Waals surface area contributed by atoms with Crippen LogP contribution in [0.4, 0.5) is 15.0 Å². The van der Waals surface area contributed by atoms with Crippen LogP contribution < -0.4 is 15.0 Å². The summed E-state index contributed by atoms with van der Waals surface area (Å²) < 4.78 is 25.4. The Morgan fingerprint density at radius 3 is 2.97 bits per heavy atom. The van der Waals surface area contributed by atoms with E-state index in [0.29, 0.717) is 17.1 Å². The number of halogens is 1. The standard InChI is InChI=1S/C23H29FN6O3/c1-14(28-22(31)33-23(2,3)4)12-32-21-16(10-15(24)11-25-21)18-6-5-9-30(18)19-8-7-17-20(29-19)27-13-26-17/h7-8,10-11,13-14,18H,5-6,9,12H2,1-4H3,(H,28,31)(H,26,27,29)/t14-,18?/m1/s1. The van der Waals surface area contributed by atoms with E-state index in [-0.39, 0.29) is 18.7 Å². The number of hydrogen-bond acceptors (Lipinski definition) is 7. The molecular weight excluding hydrogens is 427 g/mol. The van der Waals surface area contributed by atoms with Gasteiger partial charge >= 0.3 is 6.09 Å². The highest BCUT2D eigenvalue weighted by Gasteiger charge is 2.31. The predicted octanol–water partition coefficient (Wildman–Crippen LogP) is 4.13. The van der Waals surface area contributed by atoms with Gasteiger partial charge in [-0.25, -0.2) is 24.1 Å². The summed E-state index contributed by atoms with van der Waals surface area (Å²) in [5.74, 6) is 0.694. The molecule has 0 bridgehead atoms. The molecule has 3 aromatic heterocycles. The van der Waals surface area contributed by atoms with Gasteiger partial charge in [-0.1, -0.05) is 0 Å². The van der Waals surface area contributed by atoms with Gasteiger partial charge in [0.15, 0.2) is 5.65 Å². The molecule has 4 rings (SSSR count). The number of ether oxygens (including phenoxy) is 2. The van der Waals surface area contributed by atoms with Crippen molar-refractivity contribution in [2.24, 2.45) is 0 Å². The van der Waals surface area contributed by atoms with Gasteiger partial charge in [0.2, 0.25) is 5.88 Å². The van der Waals surface area contributed by atoms with E-state index in [1.807, 2.05) is 12.1 Å². The predicted molar refractivity (Wildman–Crippen MR) is 122 cm³/mol. The van der Waals surface area contributed by atoms with Gasteiger partial charge in [-0.15, -0.1) is 0 Å². The van der Waals surface area contributed by atoms with Crippen molar-refractivity contribution in [3.05, 3.63) is 42.1 Å². The lowest BCUT2D eigenvalue weighted by molar-refractivity contribution is 0.0493. The van der Waals surface area contributed by atoms with Gasteiger partial charge in [0.05, 0.1) is 24.6 Å². The fraction of sp³-hybridized carbons (Fsp3) is 0.478. The number of amides is 1. The van der Waals surface area contributed by atoms with E-state index >= 15 is 0 Å². The Morgan fingerprint density at radius 1 is 1.36 bits per heavy atom. The molecule has 2 N–H and O–H groups in total. The Balaban J connectivity index is 1.49. The molecule has 10 heteroatoms. The number of aromatic amines is 1. The van der Waals surface area contributed by atoms with Gasteiger partial charge in [0.1, 0.15) is 29.4 Å². The molecule has 2 atom stereocenters. The summed E-state index contributed by atoms with van der Waals surface area (Å²) in [5.41, 5.74) is 1.56. The molecule has 0 aliphatic carbocycles. The molecule has 1 fully saturated rings.